The molecule has 0 bridgehead atoms. The number of aldehydes is 1. The van der Waals surface area contributed by atoms with Crippen molar-refractivity contribution in [3.05, 3.63) is 27.7 Å². The van der Waals surface area contributed by atoms with Crippen molar-refractivity contribution in [3.63, 3.8) is 0 Å². The predicted octanol–water partition coefficient (Wildman–Crippen LogP) is 3.16. The molecule has 14 heavy (non-hydrogen) atoms. The van der Waals surface area contributed by atoms with Crippen LogP contribution in [0, 0.1) is 6.92 Å². The van der Waals surface area contributed by atoms with Crippen molar-refractivity contribution in [3.8, 4) is 5.75 Å². The lowest BCUT2D eigenvalue weighted by Crippen LogP contribution is -1.98. The molecule has 0 aliphatic rings. The summed E-state index contributed by atoms with van der Waals surface area (Å²) in [6.07, 6.45) is 1.31. The van der Waals surface area contributed by atoms with Gasteiger partial charge in [-0.15, -0.1) is 0 Å². The third-order valence-electron chi connectivity index (χ3n) is 2.33. The van der Waals surface area contributed by atoms with Gasteiger partial charge in [0.15, 0.2) is 0 Å². The Hall–Kier alpha value is -0.830. The minimum Gasteiger partial charge on any atom is -0.506 e. The van der Waals surface area contributed by atoms with Crippen LogP contribution in [0.4, 0.5) is 0 Å². The molecule has 0 amide bonds. The fourth-order valence-corrected chi connectivity index (χ4v) is 1.91. The molecule has 0 aliphatic heterocycles. The molecule has 1 aromatic rings. The van der Waals surface area contributed by atoms with E-state index in [1.807, 2.05) is 26.0 Å². The van der Waals surface area contributed by atoms with Crippen LogP contribution in [0.25, 0.3) is 0 Å². The van der Waals surface area contributed by atoms with E-state index in [-0.39, 0.29) is 11.7 Å². The summed E-state index contributed by atoms with van der Waals surface area (Å²) >= 11 is 3.26. The van der Waals surface area contributed by atoms with Crippen LogP contribution in [0.2, 0.25) is 0 Å². The first-order chi connectivity index (χ1) is 6.57. The lowest BCUT2D eigenvalue weighted by atomic mass is 9.93. The van der Waals surface area contributed by atoms with Gasteiger partial charge in [0.25, 0.3) is 0 Å². The van der Waals surface area contributed by atoms with E-state index in [0.717, 1.165) is 17.4 Å². The number of carbonyl (C=O) groups is 1. The van der Waals surface area contributed by atoms with E-state index in [0.29, 0.717) is 10.9 Å². The Morgan fingerprint density at radius 1 is 1.57 bits per heavy atom. The number of aryl methyl sites for hydroxylation is 1. The summed E-state index contributed by atoms with van der Waals surface area (Å²) in [5.74, 6) is 0.310. The molecule has 3 heteroatoms. The van der Waals surface area contributed by atoms with Crippen LogP contribution in [0.3, 0.4) is 0 Å². The number of benzene rings is 1. The van der Waals surface area contributed by atoms with Gasteiger partial charge in [-0.3, -0.25) is 0 Å². The zero-order valence-electron chi connectivity index (χ0n) is 8.25. The number of phenolic OH excluding ortho intramolecular Hbond substituents is 1. The maximum atomic E-state index is 10.4. The smallest absolute Gasteiger partial charge is 0.133 e. The van der Waals surface area contributed by atoms with Crippen LogP contribution < -0.4 is 0 Å². The summed E-state index contributed by atoms with van der Waals surface area (Å²) in [7, 11) is 0. The van der Waals surface area contributed by atoms with Crippen LogP contribution in [-0.4, -0.2) is 11.4 Å². The average molecular weight is 257 g/mol. The molecule has 1 N–H and O–H groups in total. The highest BCUT2D eigenvalue weighted by Gasteiger charge is 2.14. The van der Waals surface area contributed by atoms with E-state index in [1.54, 1.807) is 0 Å². The molecule has 0 fully saturated rings. The second-order valence-corrected chi connectivity index (χ2v) is 4.28. The van der Waals surface area contributed by atoms with Gasteiger partial charge in [-0.05, 0) is 40.4 Å². The Morgan fingerprint density at radius 2 is 2.21 bits per heavy atom. The zero-order chi connectivity index (χ0) is 10.7. The van der Waals surface area contributed by atoms with E-state index < -0.39 is 0 Å². The maximum Gasteiger partial charge on any atom is 0.133 e. The van der Waals surface area contributed by atoms with Gasteiger partial charge in [0.1, 0.15) is 12.0 Å². The number of hydrogen-bond donors (Lipinski definition) is 1. The van der Waals surface area contributed by atoms with Gasteiger partial charge < -0.3 is 9.90 Å². The molecule has 0 heterocycles. The summed E-state index contributed by atoms with van der Waals surface area (Å²) in [4.78, 5) is 10.4. The van der Waals surface area contributed by atoms with Crippen molar-refractivity contribution < 1.29 is 9.90 Å². The third-order valence-corrected chi connectivity index (χ3v) is 2.97. The molecule has 0 saturated heterocycles. The van der Waals surface area contributed by atoms with E-state index >= 15 is 0 Å². The number of carbonyl (C=O) groups excluding carboxylic acids is 1. The second kappa shape index (κ2) is 4.60. The minimum atomic E-state index is 0.0602. The molecule has 1 atom stereocenters. The molecule has 0 aromatic heterocycles. The average Bonchev–Trinajstić information content (AvgIpc) is 2.13. The van der Waals surface area contributed by atoms with Crippen LogP contribution in [-0.2, 0) is 4.79 Å². The van der Waals surface area contributed by atoms with Crippen LogP contribution in [0.5, 0.6) is 5.75 Å². The van der Waals surface area contributed by atoms with Crippen molar-refractivity contribution >= 4 is 22.2 Å². The molecular weight excluding hydrogens is 244 g/mol. The van der Waals surface area contributed by atoms with E-state index in [4.69, 9.17) is 0 Å². The Morgan fingerprint density at radius 3 is 2.79 bits per heavy atom. The number of phenols is 1. The Labute approximate surface area is 92.1 Å². The summed E-state index contributed by atoms with van der Waals surface area (Å²) in [6, 6.07) is 3.74. The zero-order valence-corrected chi connectivity index (χ0v) is 9.84. The molecule has 0 aliphatic carbocycles. The molecule has 1 unspecified atom stereocenters. The van der Waals surface area contributed by atoms with Gasteiger partial charge in [0.2, 0.25) is 0 Å². The normalized spacial score (nSPS) is 12.5. The quantitative estimate of drug-likeness (QED) is 0.844. The van der Waals surface area contributed by atoms with Gasteiger partial charge in [-0.25, -0.2) is 0 Å². The van der Waals surface area contributed by atoms with Gasteiger partial charge in [0, 0.05) is 12.0 Å². The van der Waals surface area contributed by atoms with E-state index in [9.17, 15) is 9.90 Å². The summed E-state index contributed by atoms with van der Waals surface area (Å²) in [5, 5.41) is 9.81. The Balaban J connectivity index is 3.17. The Bertz CT molecular complexity index is 347. The van der Waals surface area contributed by atoms with Crippen molar-refractivity contribution in [2.24, 2.45) is 0 Å². The summed E-state index contributed by atoms with van der Waals surface area (Å²) in [6.45, 7) is 3.87. The molecule has 0 spiro atoms. The predicted molar refractivity (Wildman–Crippen MR) is 59.6 cm³/mol. The molecule has 2 nitrogen and oxygen atoms in total. The first-order valence-corrected chi connectivity index (χ1v) is 5.28. The van der Waals surface area contributed by atoms with Crippen molar-refractivity contribution in [1.29, 1.82) is 0 Å². The van der Waals surface area contributed by atoms with Gasteiger partial charge in [0.05, 0.1) is 4.47 Å². The van der Waals surface area contributed by atoms with Crippen molar-refractivity contribution in [2.75, 3.05) is 0 Å². The molecule has 0 saturated carbocycles. The number of halogens is 1. The van der Waals surface area contributed by atoms with E-state index in [1.165, 1.54) is 0 Å². The van der Waals surface area contributed by atoms with Crippen molar-refractivity contribution in [1.82, 2.24) is 0 Å². The van der Waals surface area contributed by atoms with Gasteiger partial charge >= 0.3 is 0 Å². The monoisotopic (exact) mass is 256 g/mol. The topological polar surface area (TPSA) is 37.3 Å². The first kappa shape index (κ1) is 11.2. The molecular formula is C11H13BrO2. The van der Waals surface area contributed by atoms with Crippen LogP contribution in [0.1, 0.15) is 30.4 Å². The lowest BCUT2D eigenvalue weighted by Gasteiger charge is -2.14. The third kappa shape index (κ3) is 2.15. The number of aromatic hydroxyl groups is 1. The van der Waals surface area contributed by atoms with Crippen molar-refractivity contribution in [2.45, 2.75) is 26.2 Å². The Kier molecular flexibility index (Phi) is 3.69. The number of rotatable bonds is 3. The minimum absolute atomic E-state index is 0.0602. The highest BCUT2D eigenvalue weighted by Crippen LogP contribution is 2.36. The molecule has 1 rings (SSSR count). The SMILES string of the molecule is Cc1ccc(Br)c(O)c1C(C)CC=O. The largest absolute Gasteiger partial charge is 0.506 e. The number of hydrogen-bond acceptors (Lipinski definition) is 2. The van der Waals surface area contributed by atoms with Crippen LogP contribution >= 0.6 is 15.9 Å². The standard InChI is InChI=1S/C11H13BrO2/c1-7-3-4-9(12)11(14)10(7)8(2)5-6-13/h3-4,6,8,14H,5H2,1-2H3. The molecule has 0 radical (unpaired) electrons. The fraction of sp³-hybridized carbons (Fsp3) is 0.364. The second-order valence-electron chi connectivity index (χ2n) is 3.43. The highest BCUT2D eigenvalue weighted by atomic mass is 79.9. The first-order valence-electron chi connectivity index (χ1n) is 4.49. The fourth-order valence-electron chi connectivity index (χ4n) is 1.57. The van der Waals surface area contributed by atoms with Gasteiger partial charge in [-0.2, -0.15) is 0 Å². The lowest BCUT2D eigenvalue weighted by molar-refractivity contribution is -0.108. The highest BCUT2D eigenvalue weighted by molar-refractivity contribution is 9.10. The van der Waals surface area contributed by atoms with E-state index in [2.05, 4.69) is 15.9 Å². The molecule has 1 aromatic carbocycles. The molecule has 76 valence electrons. The van der Waals surface area contributed by atoms with Gasteiger partial charge in [-0.1, -0.05) is 13.0 Å². The summed E-state index contributed by atoms with van der Waals surface area (Å²) < 4.78 is 0.677. The van der Waals surface area contributed by atoms with Crippen LogP contribution in [0.15, 0.2) is 16.6 Å². The summed E-state index contributed by atoms with van der Waals surface area (Å²) in [5.41, 5.74) is 1.87. The maximum absolute atomic E-state index is 10.4.